The van der Waals surface area contributed by atoms with E-state index in [1.54, 1.807) is 0 Å². The highest BCUT2D eigenvalue weighted by atomic mass is 15.1. The van der Waals surface area contributed by atoms with Crippen molar-refractivity contribution in [1.29, 1.82) is 0 Å². The van der Waals surface area contributed by atoms with Gasteiger partial charge in [-0.05, 0) is 48.5 Å². The summed E-state index contributed by atoms with van der Waals surface area (Å²) in [4.78, 5) is 5.05. The highest BCUT2D eigenvalue weighted by molar-refractivity contribution is 6.12. The number of rotatable bonds is 5. The van der Waals surface area contributed by atoms with Crippen LogP contribution in [-0.4, -0.2) is 23.3 Å². The third-order valence-corrected chi connectivity index (χ3v) is 11.4. The Morgan fingerprint density at radius 3 is 1.07 bits per heavy atom. The van der Waals surface area contributed by atoms with Gasteiger partial charge < -0.3 is 13.7 Å². The van der Waals surface area contributed by atoms with E-state index in [1.807, 2.05) is 6.20 Å². The fourth-order valence-electron chi connectivity index (χ4n) is 9.16. The van der Waals surface area contributed by atoms with Gasteiger partial charge in [-0.1, -0.05) is 140 Å². The van der Waals surface area contributed by atoms with Crippen molar-refractivity contribution in [2.45, 2.75) is 0 Å². The molecule has 0 aliphatic carbocycles. The minimum atomic E-state index is 0.874. The number of hydrogen-bond acceptors (Lipinski definition) is 1. The van der Waals surface area contributed by atoms with Crippen molar-refractivity contribution in [1.82, 2.24) is 23.3 Å². The van der Waals surface area contributed by atoms with Gasteiger partial charge in [0, 0.05) is 50.3 Å². The standard InChI is InChI=1S/C51H33N5/c1-2-16-34(17-3-1)51-52-30-31-53(51)50-48(55-44-26-12-6-20-38(44)39-21-7-13-27-45(39)55)32-35(54-42-24-10-4-18-36(42)37-19-5-11-25-43(37)54)33-49(50)56-46-28-14-8-22-40(46)41-23-9-15-29-47(41)56/h1-33H. The van der Waals surface area contributed by atoms with E-state index < -0.39 is 0 Å². The maximum atomic E-state index is 5.05. The molecule has 4 aromatic heterocycles. The van der Waals surface area contributed by atoms with E-state index in [0.717, 1.165) is 67.2 Å². The van der Waals surface area contributed by atoms with Crippen molar-refractivity contribution < 1.29 is 0 Å². The van der Waals surface area contributed by atoms with E-state index in [4.69, 9.17) is 4.98 Å². The topological polar surface area (TPSA) is 32.6 Å². The molecular weight excluding hydrogens is 683 g/mol. The maximum Gasteiger partial charge on any atom is 0.144 e. The zero-order valence-corrected chi connectivity index (χ0v) is 30.3. The lowest BCUT2D eigenvalue weighted by molar-refractivity contribution is 0.992. The Morgan fingerprint density at radius 1 is 0.339 bits per heavy atom. The third kappa shape index (κ3) is 4.34. The van der Waals surface area contributed by atoms with Gasteiger partial charge in [0.25, 0.3) is 0 Å². The fraction of sp³-hybridized carbons (Fsp3) is 0. The Kier molecular flexibility index (Phi) is 6.56. The van der Waals surface area contributed by atoms with Crippen LogP contribution in [0.15, 0.2) is 200 Å². The molecule has 0 aliphatic rings. The van der Waals surface area contributed by atoms with Crippen molar-refractivity contribution >= 4 is 65.4 Å². The first-order valence-electron chi connectivity index (χ1n) is 19.1. The molecule has 0 bridgehead atoms. The van der Waals surface area contributed by atoms with E-state index in [2.05, 4.69) is 213 Å². The second kappa shape index (κ2) is 11.9. The Morgan fingerprint density at radius 2 is 0.679 bits per heavy atom. The molecule has 0 aliphatic heterocycles. The van der Waals surface area contributed by atoms with Crippen LogP contribution in [0.25, 0.3) is 99.6 Å². The predicted molar refractivity (Wildman–Crippen MR) is 232 cm³/mol. The molecule has 8 aromatic carbocycles. The Labute approximate surface area is 322 Å². The maximum absolute atomic E-state index is 5.05. The highest BCUT2D eigenvalue weighted by Crippen LogP contribution is 2.43. The monoisotopic (exact) mass is 715 g/mol. The predicted octanol–water partition coefficient (Wildman–Crippen LogP) is 12.8. The number of fused-ring (bicyclic) bond motifs is 9. The molecule has 0 atom stereocenters. The minimum absolute atomic E-state index is 0.874. The van der Waals surface area contributed by atoms with Crippen LogP contribution in [0.2, 0.25) is 0 Å². The Balaban J connectivity index is 1.34. The lowest BCUT2D eigenvalue weighted by atomic mass is 10.1. The summed E-state index contributed by atoms with van der Waals surface area (Å²) in [5.41, 5.74) is 12.1. The molecule has 56 heavy (non-hydrogen) atoms. The van der Waals surface area contributed by atoms with Gasteiger partial charge in [0.05, 0.1) is 55.8 Å². The van der Waals surface area contributed by atoms with Crippen molar-refractivity contribution in [3.63, 3.8) is 0 Å². The van der Waals surface area contributed by atoms with Gasteiger partial charge in [-0.2, -0.15) is 0 Å². The molecule has 0 saturated carbocycles. The molecular formula is C51H33N5. The van der Waals surface area contributed by atoms with Crippen LogP contribution >= 0.6 is 0 Å². The van der Waals surface area contributed by atoms with Crippen LogP contribution in [0.1, 0.15) is 0 Å². The van der Waals surface area contributed by atoms with Gasteiger partial charge in [-0.25, -0.2) is 4.98 Å². The third-order valence-electron chi connectivity index (χ3n) is 11.4. The van der Waals surface area contributed by atoms with Crippen LogP contribution in [0.5, 0.6) is 0 Å². The minimum Gasteiger partial charge on any atom is -0.309 e. The summed E-state index contributed by atoms with van der Waals surface area (Å²) in [6, 6.07) is 67.9. The molecule has 12 aromatic rings. The van der Waals surface area contributed by atoms with E-state index >= 15 is 0 Å². The summed E-state index contributed by atoms with van der Waals surface area (Å²) in [5, 5.41) is 7.30. The van der Waals surface area contributed by atoms with Gasteiger partial charge in [0.1, 0.15) is 5.82 Å². The molecule has 12 rings (SSSR count). The van der Waals surface area contributed by atoms with Gasteiger partial charge in [-0.15, -0.1) is 0 Å². The summed E-state index contributed by atoms with van der Waals surface area (Å²) >= 11 is 0. The molecule has 0 unspecified atom stereocenters. The van der Waals surface area contributed by atoms with Crippen molar-refractivity contribution in [2.75, 3.05) is 0 Å². The van der Waals surface area contributed by atoms with E-state index in [0.29, 0.717) is 0 Å². The largest absolute Gasteiger partial charge is 0.309 e. The van der Waals surface area contributed by atoms with Crippen molar-refractivity contribution in [2.24, 2.45) is 0 Å². The molecule has 0 spiro atoms. The summed E-state index contributed by atoms with van der Waals surface area (Å²) in [6.07, 6.45) is 4.04. The van der Waals surface area contributed by atoms with E-state index in [9.17, 15) is 0 Å². The van der Waals surface area contributed by atoms with E-state index in [1.165, 1.54) is 32.3 Å². The molecule has 5 nitrogen and oxygen atoms in total. The second-order valence-corrected chi connectivity index (χ2v) is 14.4. The van der Waals surface area contributed by atoms with Crippen LogP contribution < -0.4 is 0 Å². The number of nitrogens with zero attached hydrogens (tertiary/aromatic N) is 5. The zero-order valence-electron chi connectivity index (χ0n) is 30.3. The highest BCUT2D eigenvalue weighted by Gasteiger charge is 2.26. The van der Waals surface area contributed by atoms with Crippen LogP contribution in [0, 0.1) is 0 Å². The average molecular weight is 716 g/mol. The molecule has 0 radical (unpaired) electrons. The molecule has 262 valence electrons. The van der Waals surface area contributed by atoms with Gasteiger partial charge in [-0.3, -0.25) is 4.57 Å². The number of imidazole rings is 1. The van der Waals surface area contributed by atoms with Gasteiger partial charge in [0.15, 0.2) is 0 Å². The molecule has 5 heteroatoms. The Hall–Kier alpha value is -7.63. The normalized spacial score (nSPS) is 11.9. The smallest absolute Gasteiger partial charge is 0.144 e. The number of benzene rings is 8. The quantitative estimate of drug-likeness (QED) is 0.175. The zero-order chi connectivity index (χ0) is 36.7. The number of para-hydroxylation sites is 6. The first-order valence-corrected chi connectivity index (χ1v) is 19.1. The molecule has 0 N–H and O–H groups in total. The van der Waals surface area contributed by atoms with Gasteiger partial charge in [0.2, 0.25) is 0 Å². The van der Waals surface area contributed by atoms with Crippen molar-refractivity contribution in [3.8, 4) is 34.1 Å². The fourth-order valence-corrected chi connectivity index (χ4v) is 9.16. The molecule has 0 saturated heterocycles. The lowest BCUT2D eigenvalue weighted by Gasteiger charge is -2.24. The summed E-state index contributed by atoms with van der Waals surface area (Å²) in [5.74, 6) is 0.874. The van der Waals surface area contributed by atoms with E-state index in [-0.39, 0.29) is 0 Å². The average Bonchev–Trinajstić information content (AvgIpc) is 4.04. The summed E-state index contributed by atoms with van der Waals surface area (Å²) in [7, 11) is 0. The second-order valence-electron chi connectivity index (χ2n) is 14.4. The first-order chi connectivity index (χ1) is 27.8. The molecule has 4 heterocycles. The van der Waals surface area contributed by atoms with Crippen molar-refractivity contribution in [3.05, 3.63) is 200 Å². The van der Waals surface area contributed by atoms with Gasteiger partial charge >= 0.3 is 0 Å². The first kappa shape index (κ1) is 30.8. The van der Waals surface area contributed by atoms with Crippen LogP contribution in [0.3, 0.4) is 0 Å². The lowest BCUT2D eigenvalue weighted by Crippen LogP contribution is -2.11. The Bertz CT molecular complexity index is 3190. The van der Waals surface area contributed by atoms with Crippen LogP contribution in [0.4, 0.5) is 0 Å². The molecule has 0 amide bonds. The summed E-state index contributed by atoms with van der Waals surface area (Å²) in [6.45, 7) is 0. The number of hydrogen-bond donors (Lipinski definition) is 0. The SMILES string of the molecule is c1ccc(-c2nccn2-c2c(-n3c4ccccc4c4ccccc43)cc(-n3c4ccccc4c4ccccc43)cc2-n2c3ccccc3c3ccccc32)cc1. The molecule has 0 fully saturated rings. The van der Waals surface area contributed by atoms with Crippen LogP contribution in [-0.2, 0) is 0 Å². The summed E-state index contributed by atoms with van der Waals surface area (Å²) < 4.78 is 9.66. The number of aromatic nitrogens is 5.